The van der Waals surface area contributed by atoms with Crippen molar-refractivity contribution in [2.24, 2.45) is 0 Å². The predicted octanol–water partition coefficient (Wildman–Crippen LogP) is 16.8. The molecule has 0 aromatic rings. The average molecular weight is 886 g/mol. The molecule has 0 aliphatic carbocycles. The molecule has 370 valence electrons. The molecule has 0 spiro atoms. The van der Waals surface area contributed by atoms with Crippen molar-refractivity contribution < 1.29 is 24.5 Å². The summed E-state index contributed by atoms with van der Waals surface area (Å²) in [5.41, 5.74) is 0. The molecule has 0 bridgehead atoms. The van der Waals surface area contributed by atoms with E-state index in [1.54, 1.807) is 0 Å². The Morgan fingerprint density at radius 3 is 1.30 bits per heavy atom. The van der Waals surface area contributed by atoms with Crippen LogP contribution in [0.2, 0.25) is 0 Å². The summed E-state index contributed by atoms with van der Waals surface area (Å²) >= 11 is 0. The summed E-state index contributed by atoms with van der Waals surface area (Å²) < 4.78 is 5.94. The van der Waals surface area contributed by atoms with Crippen LogP contribution in [0.4, 0.5) is 0 Å². The Balaban J connectivity index is 4.51. The molecule has 6 nitrogen and oxygen atoms in total. The first-order chi connectivity index (χ1) is 31.0. The van der Waals surface area contributed by atoms with Gasteiger partial charge in [0.15, 0.2) is 0 Å². The molecule has 0 rings (SSSR count). The van der Waals surface area contributed by atoms with Crippen molar-refractivity contribution in [1.29, 1.82) is 0 Å². The van der Waals surface area contributed by atoms with Crippen LogP contribution in [0, 0.1) is 0 Å². The lowest BCUT2D eigenvalue weighted by Crippen LogP contribution is -2.46. The molecule has 3 N–H and O–H groups in total. The van der Waals surface area contributed by atoms with Crippen molar-refractivity contribution in [3.63, 3.8) is 0 Å². The zero-order valence-electron chi connectivity index (χ0n) is 42.2. The number of unbranched alkanes of at least 4 members (excludes halogenated alkanes) is 32. The highest BCUT2D eigenvalue weighted by Crippen LogP contribution is 2.18. The van der Waals surface area contributed by atoms with Crippen LogP contribution in [-0.2, 0) is 14.3 Å². The molecule has 0 radical (unpaired) electrons. The molecule has 1 amide bonds. The van der Waals surface area contributed by atoms with E-state index in [0.717, 1.165) is 89.9 Å². The van der Waals surface area contributed by atoms with Crippen LogP contribution >= 0.6 is 0 Å². The number of esters is 1. The number of hydrogen-bond acceptors (Lipinski definition) is 5. The van der Waals surface area contributed by atoms with Gasteiger partial charge in [-0.3, -0.25) is 9.59 Å². The van der Waals surface area contributed by atoms with E-state index in [2.05, 4.69) is 62.5 Å². The summed E-state index contributed by atoms with van der Waals surface area (Å²) in [6.07, 6.45) is 60.7. The van der Waals surface area contributed by atoms with Gasteiger partial charge in [-0.1, -0.05) is 256 Å². The van der Waals surface area contributed by atoms with Crippen LogP contribution in [0.3, 0.4) is 0 Å². The third-order valence-corrected chi connectivity index (χ3v) is 12.7. The second kappa shape index (κ2) is 51.1. The van der Waals surface area contributed by atoms with Crippen LogP contribution in [0.1, 0.15) is 290 Å². The molecule has 0 aliphatic rings. The minimum Gasteiger partial charge on any atom is -0.462 e. The van der Waals surface area contributed by atoms with Crippen molar-refractivity contribution in [3.05, 3.63) is 36.5 Å². The molecule has 0 aromatic heterocycles. The van der Waals surface area contributed by atoms with Crippen LogP contribution in [0.5, 0.6) is 0 Å². The van der Waals surface area contributed by atoms with Crippen LogP contribution in [-0.4, -0.2) is 46.9 Å². The Kier molecular flexibility index (Phi) is 49.5. The van der Waals surface area contributed by atoms with Gasteiger partial charge in [0.2, 0.25) is 5.91 Å². The quantitative estimate of drug-likeness (QED) is 0.0321. The summed E-state index contributed by atoms with van der Waals surface area (Å²) in [4.78, 5) is 26.2. The number of nitrogens with one attached hydrogen (secondary N) is 1. The van der Waals surface area contributed by atoms with Gasteiger partial charge >= 0.3 is 5.97 Å². The zero-order valence-corrected chi connectivity index (χ0v) is 42.2. The molecular formula is C57H107NO5. The first-order valence-electron chi connectivity index (χ1n) is 27.7. The van der Waals surface area contributed by atoms with E-state index in [1.165, 1.54) is 154 Å². The number of carbonyl (C=O) groups excluding carboxylic acids is 2. The maximum absolute atomic E-state index is 13.2. The second-order valence-corrected chi connectivity index (χ2v) is 19.0. The Hall–Kier alpha value is -1.92. The van der Waals surface area contributed by atoms with Gasteiger partial charge in [0.05, 0.1) is 25.2 Å². The third kappa shape index (κ3) is 46.4. The van der Waals surface area contributed by atoms with Crippen molar-refractivity contribution in [1.82, 2.24) is 5.32 Å². The van der Waals surface area contributed by atoms with Crippen LogP contribution in [0.25, 0.3) is 0 Å². The number of rotatable bonds is 50. The molecule has 0 aliphatic heterocycles. The van der Waals surface area contributed by atoms with Crippen LogP contribution < -0.4 is 5.32 Å². The molecule has 0 fully saturated rings. The van der Waals surface area contributed by atoms with Crippen molar-refractivity contribution in [2.75, 3.05) is 6.61 Å². The minimum absolute atomic E-state index is 0.0666. The van der Waals surface area contributed by atoms with E-state index >= 15 is 0 Å². The van der Waals surface area contributed by atoms with Gasteiger partial charge in [-0.2, -0.15) is 0 Å². The number of aliphatic hydroxyl groups is 2. The number of amides is 1. The molecule has 0 saturated heterocycles. The monoisotopic (exact) mass is 886 g/mol. The summed E-state index contributed by atoms with van der Waals surface area (Å²) in [5, 5.41) is 23.8. The molecule has 0 heterocycles. The number of ether oxygens (including phenoxy) is 1. The normalized spacial score (nSPS) is 13.4. The van der Waals surface area contributed by atoms with Gasteiger partial charge in [-0.15, -0.1) is 0 Å². The largest absolute Gasteiger partial charge is 0.462 e. The van der Waals surface area contributed by atoms with Gasteiger partial charge in [0.25, 0.3) is 0 Å². The number of carbonyl (C=O) groups is 2. The molecule has 6 heteroatoms. The third-order valence-electron chi connectivity index (χ3n) is 12.7. The molecule has 0 saturated carbocycles. The topological polar surface area (TPSA) is 95.9 Å². The fourth-order valence-corrected chi connectivity index (χ4v) is 8.56. The molecule has 0 aromatic carbocycles. The Bertz CT molecular complexity index is 1040. The van der Waals surface area contributed by atoms with Crippen LogP contribution in [0.15, 0.2) is 36.5 Å². The van der Waals surface area contributed by atoms with E-state index in [0.29, 0.717) is 19.3 Å². The van der Waals surface area contributed by atoms with Crippen molar-refractivity contribution >= 4 is 11.9 Å². The average Bonchev–Trinajstić information content (AvgIpc) is 3.28. The first kappa shape index (κ1) is 61.1. The second-order valence-electron chi connectivity index (χ2n) is 19.0. The number of aliphatic hydroxyl groups excluding tert-OH is 2. The van der Waals surface area contributed by atoms with Crippen molar-refractivity contribution in [3.8, 4) is 0 Å². The highest BCUT2D eigenvalue weighted by atomic mass is 16.5. The van der Waals surface area contributed by atoms with Gasteiger partial charge < -0.3 is 20.3 Å². The fraction of sp³-hybridized carbons (Fsp3) is 0.860. The Labute approximate surface area is 392 Å². The van der Waals surface area contributed by atoms with Gasteiger partial charge in [-0.25, -0.2) is 0 Å². The summed E-state index contributed by atoms with van der Waals surface area (Å²) in [7, 11) is 0. The zero-order chi connectivity index (χ0) is 45.9. The highest BCUT2D eigenvalue weighted by molar-refractivity contribution is 5.77. The van der Waals surface area contributed by atoms with Crippen molar-refractivity contribution in [2.45, 2.75) is 309 Å². The van der Waals surface area contributed by atoms with Gasteiger partial charge in [0.1, 0.15) is 6.10 Å². The maximum Gasteiger partial charge on any atom is 0.306 e. The summed E-state index contributed by atoms with van der Waals surface area (Å²) in [6.45, 7) is 6.39. The molecule has 63 heavy (non-hydrogen) atoms. The van der Waals surface area contributed by atoms with E-state index in [-0.39, 0.29) is 24.9 Å². The number of allylic oxidation sites excluding steroid dienone is 6. The lowest BCUT2D eigenvalue weighted by Gasteiger charge is -2.24. The maximum atomic E-state index is 13.2. The number of hydrogen-bond donors (Lipinski definition) is 3. The van der Waals surface area contributed by atoms with E-state index in [1.807, 2.05) is 0 Å². The molecule has 3 unspecified atom stereocenters. The highest BCUT2D eigenvalue weighted by Gasteiger charge is 2.24. The van der Waals surface area contributed by atoms with Gasteiger partial charge in [-0.05, 0) is 57.8 Å². The Morgan fingerprint density at radius 1 is 0.476 bits per heavy atom. The predicted molar refractivity (Wildman–Crippen MR) is 273 cm³/mol. The SMILES string of the molecule is CC/C=C/C/C=C/C/C=C/CCCCCCC(CC(=O)NC(CO)C(O)CCCCCCCCCCCCC)OC(=O)CCCCCCCCCCCCCCCCCCCCC. The lowest BCUT2D eigenvalue weighted by atomic mass is 10.0. The first-order valence-corrected chi connectivity index (χ1v) is 27.7. The molecule has 3 atom stereocenters. The summed E-state index contributed by atoms with van der Waals surface area (Å²) in [5.74, 6) is -0.482. The Morgan fingerprint density at radius 2 is 0.857 bits per heavy atom. The van der Waals surface area contributed by atoms with E-state index in [9.17, 15) is 19.8 Å². The summed E-state index contributed by atoms with van der Waals surface area (Å²) in [6, 6.07) is -0.706. The van der Waals surface area contributed by atoms with Gasteiger partial charge in [0, 0.05) is 6.42 Å². The smallest absolute Gasteiger partial charge is 0.306 e. The van der Waals surface area contributed by atoms with E-state index in [4.69, 9.17) is 4.74 Å². The fourth-order valence-electron chi connectivity index (χ4n) is 8.56. The lowest BCUT2D eigenvalue weighted by molar-refractivity contribution is -0.151. The standard InChI is InChI=1S/C57H107NO5/c1-4-7-10-13-16-19-22-24-26-27-28-29-30-32-35-38-41-44-47-50-57(62)63-53(48-45-42-39-36-34-31-25-23-20-17-14-11-8-5-2)51-56(61)58-54(52-59)55(60)49-46-43-40-37-33-21-18-15-12-9-6-3/h8,11,17,20,25,31,53-55,59-60H,4-7,9-10,12-16,18-19,21-24,26-30,32-52H2,1-3H3,(H,58,61)/b11-8+,20-17+,31-25+. The minimum atomic E-state index is -0.791. The molecular weight excluding hydrogens is 779 g/mol. The van der Waals surface area contributed by atoms with E-state index < -0.39 is 18.2 Å².